The van der Waals surface area contributed by atoms with Crippen molar-refractivity contribution in [3.8, 4) is 11.3 Å². The van der Waals surface area contributed by atoms with Gasteiger partial charge in [0.15, 0.2) is 0 Å². The number of benzene rings is 1. The minimum Gasteiger partial charge on any atom is -0.460 e. The number of hydrogen-bond acceptors (Lipinski definition) is 3. The van der Waals surface area contributed by atoms with Crippen LogP contribution in [0.4, 0.5) is 0 Å². The highest BCUT2D eigenvalue weighted by atomic mass is 35.5. The Kier molecular flexibility index (Phi) is 9.83. The average molecular weight is 377 g/mol. The first-order valence-corrected chi connectivity index (χ1v) is 10.4. The molecule has 0 fully saturated rings. The summed E-state index contributed by atoms with van der Waals surface area (Å²) in [4.78, 5) is 2.61. The average Bonchev–Trinajstić information content (AvgIpc) is 3.12. The van der Waals surface area contributed by atoms with Gasteiger partial charge in [0.25, 0.3) is 0 Å². The van der Waals surface area contributed by atoms with Gasteiger partial charge in [-0.15, -0.1) is 0 Å². The lowest BCUT2D eigenvalue weighted by molar-refractivity contribution is 0.260. The topological polar surface area (TPSA) is 28.4 Å². The van der Waals surface area contributed by atoms with Crippen molar-refractivity contribution in [3.05, 3.63) is 47.2 Å². The predicted molar refractivity (Wildman–Crippen MR) is 112 cm³/mol. The molecule has 1 heterocycles. The molecule has 144 valence electrons. The molecule has 0 aliphatic heterocycles. The fourth-order valence-electron chi connectivity index (χ4n) is 3.01. The lowest BCUT2D eigenvalue weighted by Crippen LogP contribution is -2.29. The maximum absolute atomic E-state index is 6.05. The van der Waals surface area contributed by atoms with E-state index in [0.717, 1.165) is 35.2 Å². The minimum absolute atomic E-state index is 0.731. The number of nitrogens with one attached hydrogen (secondary N) is 1. The predicted octanol–water partition coefficient (Wildman–Crippen LogP) is 5.98. The second-order valence-corrected chi connectivity index (χ2v) is 7.29. The Morgan fingerprint density at radius 2 is 1.69 bits per heavy atom. The molecule has 0 spiro atoms. The lowest BCUT2D eigenvalue weighted by Gasteiger charge is -2.21. The number of hydrogen-bond donors (Lipinski definition) is 1. The fraction of sp³-hybridized carbons (Fsp3) is 0.545. The van der Waals surface area contributed by atoms with Crippen molar-refractivity contribution >= 4 is 11.6 Å². The third-order valence-electron chi connectivity index (χ3n) is 4.55. The zero-order chi connectivity index (χ0) is 18.6. The van der Waals surface area contributed by atoms with Crippen LogP contribution >= 0.6 is 11.6 Å². The number of nitrogens with zero attached hydrogens (tertiary/aromatic N) is 1. The molecule has 2 aromatic rings. The van der Waals surface area contributed by atoms with Crippen LogP contribution in [-0.2, 0) is 6.54 Å². The molecule has 0 atom stereocenters. The molecule has 0 saturated carbocycles. The van der Waals surface area contributed by atoms with Crippen molar-refractivity contribution in [2.75, 3.05) is 26.2 Å². The van der Waals surface area contributed by atoms with Crippen LogP contribution < -0.4 is 5.32 Å². The maximum atomic E-state index is 6.05. The van der Waals surface area contributed by atoms with Crippen molar-refractivity contribution in [1.29, 1.82) is 0 Å². The monoisotopic (exact) mass is 376 g/mol. The van der Waals surface area contributed by atoms with Gasteiger partial charge in [-0.2, -0.15) is 0 Å². The Bertz CT molecular complexity index is 618. The van der Waals surface area contributed by atoms with Gasteiger partial charge in [0.1, 0.15) is 11.5 Å². The standard InChI is InChI=1S/C22H33ClN2O/c1-3-5-14-25(15-6-4-2)16-8-13-24-18-21-11-12-22(26-21)19-9-7-10-20(23)17-19/h7,9-12,17,24H,3-6,8,13-16,18H2,1-2H3. The smallest absolute Gasteiger partial charge is 0.134 e. The molecule has 1 N–H and O–H groups in total. The molecule has 2 rings (SSSR count). The summed E-state index contributed by atoms with van der Waals surface area (Å²) in [5.74, 6) is 1.84. The second-order valence-electron chi connectivity index (χ2n) is 6.86. The first-order valence-electron chi connectivity index (χ1n) is 10.0. The number of furan rings is 1. The zero-order valence-electron chi connectivity index (χ0n) is 16.3. The number of unbranched alkanes of at least 4 members (excludes halogenated alkanes) is 2. The molecule has 4 heteroatoms. The molecule has 26 heavy (non-hydrogen) atoms. The van der Waals surface area contributed by atoms with E-state index in [1.807, 2.05) is 36.4 Å². The quantitative estimate of drug-likeness (QED) is 0.436. The number of rotatable bonds is 13. The van der Waals surface area contributed by atoms with Crippen LogP contribution in [0.3, 0.4) is 0 Å². The van der Waals surface area contributed by atoms with Gasteiger partial charge in [0, 0.05) is 10.6 Å². The lowest BCUT2D eigenvalue weighted by atomic mass is 10.2. The molecule has 0 saturated heterocycles. The SMILES string of the molecule is CCCCN(CCCC)CCCNCc1ccc(-c2cccc(Cl)c2)o1. The van der Waals surface area contributed by atoms with Gasteiger partial charge in [-0.1, -0.05) is 50.4 Å². The van der Waals surface area contributed by atoms with E-state index in [0.29, 0.717) is 0 Å². The van der Waals surface area contributed by atoms with Gasteiger partial charge < -0.3 is 14.6 Å². The van der Waals surface area contributed by atoms with Gasteiger partial charge in [0.2, 0.25) is 0 Å². The normalized spacial score (nSPS) is 11.4. The van der Waals surface area contributed by atoms with Crippen molar-refractivity contribution in [2.45, 2.75) is 52.5 Å². The third kappa shape index (κ3) is 7.53. The highest BCUT2D eigenvalue weighted by molar-refractivity contribution is 6.30. The molecular formula is C22H33ClN2O. The zero-order valence-corrected chi connectivity index (χ0v) is 17.0. The maximum Gasteiger partial charge on any atom is 0.134 e. The Labute approximate surface area is 163 Å². The molecule has 1 aromatic carbocycles. The van der Waals surface area contributed by atoms with Gasteiger partial charge in [0.05, 0.1) is 6.54 Å². The Balaban J connectivity index is 1.69. The van der Waals surface area contributed by atoms with Crippen LogP contribution in [0.1, 0.15) is 51.7 Å². The molecule has 0 aliphatic rings. The van der Waals surface area contributed by atoms with E-state index < -0.39 is 0 Å². The van der Waals surface area contributed by atoms with Crippen molar-refractivity contribution in [1.82, 2.24) is 10.2 Å². The van der Waals surface area contributed by atoms with E-state index in [-0.39, 0.29) is 0 Å². The summed E-state index contributed by atoms with van der Waals surface area (Å²) in [6, 6.07) is 11.8. The minimum atomic E-state index is 0.731. The summed E-state index contributed by atoms with van der Waals surface area (Å²) in [6.07, 6.45) is 6.32. The summed E-state index contributed by atoms with van der Waals surface area (Å²) < 4.78 is 5.93. The molecule has 0 unspecified atom stereocenters. The van der Waals surface area contributed by atoms with E-state index in [1.165, 1.54) is 51.7 Å². The van der Waals surface area contributed by atoms with Gasteiger partial charge in [-0.05, 0) is 69.7 Å². The highest BCUT2D eigenvalue weighted by Crippen LogP contribution is 2.24. The summed E-state index contributed by atoms with van der Waals surface area (Å²) in [6.45, 7) is 9.96. The first kappa shape index (κ1) is 21.0. The highest BCUT2D eigenvalue weighted by Gasteiger charge is 2.06. The Hall–Kier alpha value is -1.29. The summed E-state index contributed by atoms with van der Waals surface area (Å²) in [7, 11) is 0. The van der Waals surface area contributed by atoms with Crippen molar-refractivity contribution in [2.24, 2.45) is 0 Å². The van der Waals surface area contributed by atoms with E-state index in [9.17, 15) is 0 Å². The molecule has 3 nitrogen and oxygen atoms in total. The Morgan fingerprint density at radius 3 is 2.38 bits per heavy atom. The fourth-order valence-corrected chi connectivity index (χ4v) is 3.20. The summed E-state index contributed by atoms with van der Waals surface area (Å²) in [5, 5.41) is 4.23. The van der Waals surface area contributed by atoms with Crippen molar-refractivity contribution in [3.63, 3.8) is 0 Å². The molecular weight excluding hydrogens is 344 g/mol. The molecule has 0 radical (unpaired) electrons. The van der Waals surface area contributed by atoms with Crippen molar-refractivity contribution < 1.29 is 4.42 Å². The van der Waals surface area contributed by atoms with Gasteiger partial charge >= 0.3 is 0 Å². The van der Waals surface area contributed by atoms with Crippen LogP contribution in [-0.4, -0.2) is 31.1 Å². The largest absolute Gasteiger partial charge is 0.460 e. The summed E-state index contributed by atoms with van der Waals surface area (Å²) >= 11 is 6.05. The van der Waals surface area contributed by atoms with Crippen LogP contribution in [0.15, 0.2) is 40.8 Å². The summed E-state index contributed by atoms with van der Waals surface area (Å²) in [5.41, 5.74) is 1.02. The third-order valence-corrected chi connectivity index (χ3v) is 4.79. The van der Waals surface area contributed by atoms with E-state index >= 15 is 0 Å². The van der Waals surface area contributed by atoms with E-state index in [4.69, 9.17) is 16.0 Å². The van der Waals surface area contributed by atoms with Gasteiger partial charge in [-0.3, -0.25) is 0 Å². The molecule has 0 amide bonds. The first-order chi connectivity index (χ1) is 12.7. The van der Waals surface area contributed by atoms with Crippen LogP contribution in [0.2, 0.25) is 5.02 Å². The number of halogens is 1. The van der Waals surface area contributed by atoms with Crippen LogP contribution in [0.5, 0.6) is 0 Å². The van der Waals surface area contributed by atoms with Crippen LogP contribution in [0, 0.1) is 0 Å². The molecule has 0 aliphatic carbocycles. The van der Waals surface area contributed by atoms with Crippen LogP contribution in [0.25, 0.3) is 11.3 Å². The second kappa shape index (κ2) is 12.2. The van der Waals surface area contributed by atoms with E-state index in [1.54, 1.807) is 0 Å². The Morgan fingerprint density at radius 1 is 0.962 bits per heavy atom. The van der Waals surface area contributed by atoms with E-state index in [2.05, 4.69) is 24.1 Å². The molecule has 1 aromatic heterocycles. The molecule has 0 bridgehead atoms. The van der Waals surface area contributed by atoms with Gasteiger partial charge in [-0.25, -0.2) is 0 Å².